The second kappa shape index (κ2) is 6.75. The molecule has 2 rings (SSSR count). The van der Waals surface area contributed by atoms with E-state index in [9.17, 15) is 0 Å². The number of nitrogens with one attached hydrogen (secondary N) is 1. The molecule has 4 nitrogen and oxygen atoms in total. The Bertz CT molecular complexity index is 506. The van der Waals surface area contributed by atoms with Crippen LogP contribution in [0.5, 0.6) is 0 Å². The normalized spacial score (nSPS) is 12.6. The van der Waals surface area contributed by atoms with Gasteiger partial charge in [-0.05, 0) is 26.0 Å². The van der Waals surface area contributed by atoms with Gasteiger partial charge in [-0.25, -0.2) is 10.4 Å². The summed E-state index contributed by atoms with van der Waals surface area (Å²) < 4.78 is 2.11. The van der Waals surface area contributed by atoms with Crippen LogP contribution in [0.2, 0.25) is 0 Å². The largest absolute Gasteiger partial charge is 0.334 e. The van der Waals surface area contributed by atoms with E-state index in [0.717, 1.165) is 18.1 Å². The van der Waals surface area contributed by atoms with Crippen LogP contribution >= 0.6 is 11.8 Å². The Morgan fingerprint density at radius 3 is 2.74 bits per heavy atom. The summed E-state index contributed by atoms with van der Waals surface area (Å²) >= 11 is 1.78. The number of hydrazine groups is 1. The number of hydrogen-bond acceptors (Lipinski definition) is 4. The zero-order valence-corrected chi connectivity index (χ0v) is 12.2. The third-order valence-corrected chi connectivity index (χ3v) is 4.14. The van der Waals surface area contributed by atoms with Gasteiger partial charge in [0.05, 0.1) is 6.04 Å². The standard InChI is InChI=1S/C14H20N4S/c1-3-18-9-8-16-14(18)13(17-15)10-19-12-6-4-11(2)5-7-12/h4-9,13,17H,3,10,15H2,1-2H3. The van der Waals surface area contributed by atoms with Gasteiger partial charge < -0.3 is 4.57 Å². The van der Waals surface area contributed by atoms with Crippen LogP contribution in [0.15, 0.2) is 41.6 Å². The molecule has 0 saturated heterocycles. The van der Waals surface area contributed by atoms with Crippen molar-refractivity contribution in [2.75, 3.05) is 5.75 Å². The minimum atomic E-state index is 0.0567. The zero-order chi connectivity index (χ0) is 13.7. The first-order chi connectivity index (χ1) is 9.24. The molecule has 0 aliphatic heterocycles. The highest BCUT2D eigenvalue weighted by Crippen LogP contribution is 2.24. The first-order valence-electron chi connectivity index (χ1n) is 6.41. The topological polar surface area (TPSA) is 55.9 Å². The highest BCUT2D eigenvalue weighted by atomic mass is 32.2. The van der Waals surface area contributed by atoms with Crippen molar-refractivity contribution in [3.8, 4) is 0 Å². The summed E-state index contributed by atoms with van der Waals surface area (Å²) in [6.07, 6.45) is 3.80. The maximum atomic E-state index is 5.66. The molecule has 0 radical (unpaired) electrons. The van der Waals surface area contributed by atoms with E-state index < -0.39 is 0 Å². The second-order valence-corrected chi connectivity index (χ2v) is 5.51. The molecule has 2 aromatic rings. The Hall–Kier alpha value is -1.30. The van der Waals surface area contributed by atoms with Gasteiger partial charge >= 0.3 is 0 Å². The van der Waals surface area contributed by atoms with Crippen LogP contribution in [0.4, 0.5) is 0 Å². The molecule has 1 aromatic carbocycles. The van der Waals surface area contributed by atoms with Gasteiger partial charge in [-0.1, -0.05) is 17.7 Å². The number of thioether (sulfide) groups is 1. The average Bonchev–Trinajstić information content (AvgIpc) is 2.90. The van der Waals surface area contributed by atoms with E-state index in [0.29, 0.717) is 0 Å². The van der Waals surface area contributed by atoms with Crippen molar-refractivity contribution in [1.82, 2.24) is 15.0 Å². The molecule has 102 valence electrons. The highest BCUT2D eigenvalue weighted by molar-refractivity contribution is 7.99. The monoisotopic (exact) mass is 276 g/mol. The number of aryl methyl sites for hydroxylation is 2. The molecule has 19 heavy (non-hydrogen) atoms. The number of imidazole rings is 1. The molecule has 3 N–H and O–H groups in total. The lowest BCUT2D eigenvalue weighted by molar-refractivity contribution is 0.540. The van der Waals surface area contributed by atoms with Gasteiger partial charge in [0, 0.05) is 29.6 Å². The van der Waals surface area contributed by atoms with Crippen molar-refractivity contribution in [1.29, 1.82) is 0 Å². The third kappa shape index (κ3) is 3.59. The minimum Gasteiger partial charge on any atom is -0.334 e. The lowest BCUT2D eigenvalue weighted by atomic mass is 10.2. The van der Waals surface area contributed by atoms with Crippen LogP contribution < -0.4 is 11.3 Å². The summed E-state index contributed by atoms with van der Waals surface area (Å²) in [4.78, 5) is 5.64. The average molecular weight is 276 g/mol. The van der Waals surface area contributed by atoms with Crippen LogP contribution in [-0.2, 0) is 6.54 Å². The first-order valence-corrected chi connectivity index (χ1v) is 7.39. The van der Waals surface area contributed by atoms with Gasteiger partial charge in [0.2, 0.25) is 0 Å². The quantitative estimate of drug-likeness (QED) is 0.483. The van der Waals surface area contributed by atoms with E-state index in [1.54, 1.807) is 11.8 Å². The van der Waals surface area contributed by atoms with Crippen LogP contribution in [-0.4, -0.2) is 15.3 Å². The van der Waals surface area contributed by atoms with Gasteiger partial charge in [0.1, 0.15) is 5.82 Å². The van der Waals surface area contributed by atoms with E-state index in [-0.39, 0.29) is 6.04 Å². The molecule has 0 saturated carbocycles. The van der Waals surface area contributed by atoms with Gasteiger partial charge in [-0.15, -0.1) is 11.8 Å². The minimum absolute atomic E-state index is 0.0567. The number of benzene rings is 1. The van der Waals surface area contributed by atoms with Gasteiger partial charge in [0.15, 0.2) is 0 Å². The predicted molar refractivity (Wildman–Crippen MR) is 79.9 cm³/mol. The fraction of sp³-hybridized carbons (Fsp3) is 0.357. The Morgan fingerprint density at radius 2 is 2.11 bits per heavy atom. The van der Waals surface area contributed by atoms with Crippen LogP contribution in [0.25, 0.3) is 0 Å². The van der Waals surface area contributed by atoms with Crippen molar-refractivity contribution in [2.45, 2.75) is 31.3 Å². The van der Waals surface area contributed by atoms with E-state index in [1.807, 2.05) is 12.4 Å². The van der Waals surface area contributed by atoms with Crippen LogP contribution in [0, 0.1) is 6.92 Å². The third-order valence-electron chi connectivity index (χ3n) is 3.04. The fourth-order valence-electron chi connectivity index (χ4n) is 1.91. The first kappa shape index (κ1) is 14.1. The molecule has 0 aliphatic rings. The molecule has 1 aromatic heterocycles. The van der Waals surface area contributed by atoms with Crippen molar-refractivity contribution < 1.29 is 0 Å². The molecule has 5 heteroatoms. The molecular weight excluding hydrogens is 256 g/mol. The fourth-order valence-corrected chi connectivity index (χ4v) is 2.84. The molecule has 1 heterocycles. The Kier molecular flexibility index (Phi) is 5.01. The maximum absolute atomic E-state index is 5.66. The van der Waals surface area contributed by atoms with E-state index >= 15 is 0 Å². The molecule has 0 spiro atoms. The number of nitrogens with two attached hydrogens (primary N) is 1. The van der Waals surface area contributed by atoms with Crippen molar-refractivity contribution >= 4 is 11.8 Å². The summed E-state index contributed by atoms with van der Waals surface area (Å²) in [5.41, 5.74) is 4.13. The Balaban J connectivity index is 2.02. The Morgan fingerprint density at radius 1 is 1.37 bits per heavy atom. The molecule has 1 atom stereocenters. The second-order valence-electron chi connectivity index (χ2n) is 4.41. The smallest absolute Gasteiger partial charge is 0.128 e. The summed E-state index contributed by atoms with van der Waals surface area (Å²) in [5, 5.41) is 0. The maximum Gasteiger partial charge on any atom is 0.128 e. The van der Waals surface area contributed by atoms with Crippen molar-refractivity contribution in [2.24, 2.45) is 5.84 Å². The zero-order valence-electron chi connectivity index (χ0n) is 11.3. The lowest BCUT2D eigenvalue weighted by Crippen LogP contribution is -2.31. The Labute approximate surface area is 118 Å². The number of hydrogen-bond donors (Lipinski definition) is 2. The summed E-state index contributed by atoms with van der Waals surface area (Å²) in [7, 11) is 0. The van der Waals surface area contributed by atoms with E-state index in [4.69, 9.17) is 5.84 Å². The molecule has 0 fully saturated rings. The number of nitrogens with zero attached hydrogens (tertiary/aromatic N) is 2. The molecule has 1 unspecified atom stereocenters. The summed E-state index contributed by atoms with van der Waals surface area (Å²) in [5.74, 6) is 7.51. The summed E-state index contributed by atoms with van der Waals surface area (Å²) in [6.45, 7) is 5.10. The molecular formula is C14H20N4S. The SMILES string of the molecule is CCn1ccnc1C(CSc1ccc(C)cc1)NN. The molecule has 0 aliphatic carbocycles. The van der Waals surface area contributed by atoms with Crippen molar-refractivity contribution in [3.05, 3.63) is 48.0 Å². The molecule has 0 amide bonds. The summed E-state index contributed by atoms with van der Waals surface area (Å²) in [6, 6.07) is 8.58. The van der Waals surface area contributed by atoms with Gasteiger partial charge in [0.25, 0.3) is 0 Å². The highest BCUT2D eigenvalue weighted by Gasteiger charge is 2.15. The van der Waals surface area contributed by atoms with Crippen molar-refractivity contribution in [3.63, 3.8) is 0 Å². The molecule has 0 bridgehead atoms. The number of aromatic nitrogens is 2. The van der Waals surface area contributed by atoms with E-state index in [1.165, 1.54) is 10.5 Å². The van der Waals surface area contributed by atoms with Gasteiger partial charge in [-0.3, -0.25) is 5.84 Å². The van der Waals surface area contributed by atoms with Crippen LogP contribution in [0.3, 0.4) is 0 Å². The van der Waals surface area contributed by atoms with E-state index in [2.05, 4.69) is 53.1 Å². The van der Waals surface area contributed by atoms with Gasteiger partial charge in [-0.2, -0.15) is 0 Å². The van der Waals surface area contributed by atoms with Crippen LogP contribution in [0.1, 0.15) is 24.4 Å². The number of rotatable bonds is 6. The predicted octanol–water partition coefficient (Wildman–Crippen LogP) is 2.51. The lowest BCUT2D eigenvalue weighted by Gasteiger charge is -2.16.